The smallest absolute Gasteiger partial charge is 0.275 e. The van der Waals surface area contributed by atoms with Crippen LogP contribution in [0, 0.1) is 34.8 Å². The van der Waals surface area contributed by atoms with E-state index in [9.17, 15) is 14.9 Å². The third-order valence-electron chi connectivity index (χ3n) is 9.25. The van der Waals surface area contributed by atoms with Crippen LogP contribution in [0.3, 0.4) is 0 Å². The van der Waals surface area contributed by atoms with Gasteiger partial charge in [-0.25, -0.2) is 4.68 Å². The van der Waals surface area contributed by atoms with Crippen LogP contribution in [0.15, 0.2) is 72.9 Å². The van der Waals surface area contributed by atoms with Gasteiger partial charge in [0.05, 0.1) is 33.6 Å². The number of para-hydroxylation sites is 1. The molecule has 0 spiro atoms. The fourth-order valence-corrected chi connectivity index (χ4v) is 8.00. The molecule has 8 rings (SSSR count). The Morgan fingerprint density at radius 3 is 2.33 bits per heavy atom. The molecule has 214 valence electrons. The van der Waals surface area contributed by atoms with E-state index < -0.39 is 4.92 Å². The lowest BCUT2D eigenvalue weighted by molar-refractivity contribution is -0.384. The number of nitro benzene ring substituents is 1. The van der Waals surface area contributed by atoms with E-state index in [4.69, 9.17) is 21.4 Å². The summed E-state index contributed by atoms with van der Waals surface area (Å²) in [5.41, 5.74) is 3.04. The number of carbonyl (C=O) groups excluding carboxylic acids is 1. The predicted octanol–water partition coefficient (Wildman–Crippen LogP) is 8.25. The minimum absolute atomic E-state index is 0.120. The highest BCUT2D eigenvalue weighted by atomic mass is 35.5. The maximum Gasteiger partial charge on any atom is 0.275 e. The molecule has 1 aromatic heterocycles. The topological polar surface area (TPSA) is 99.3 Å². The number of carbonyl (C=O) groups is 1. The van der Waals surface area contributed by atoms with Crippen molar-refractivity contribution < 1.29 is 14.5 Å². The van der Waals surface area contributed by atoms with E-state index in [-0.39, 0.29) is 28.4 Å². The normalized spacial score (nSPS) is 24.0. The summed E-state index contributed by atoms with van der Waals surface area (Å²) in [6.45, 7) is 1.85. The summed E-state index contributed by atoms with van der Waals surface area (Å²) in [6.07, 6.45) is 8.82. The van der Waals surface area contributed by atoms with Crippen molar-refractivity contribution in [2.24, 2.45) is 17.8 Å². The van der Waals surface area contributed by atoms with Crippen LogP contribution in [0.25, 0.3) is 5.69 Å². The predicted molar refractivity (Wildman–Crippen MR) is 161 cm³/mol. The van der Waals surface area contributed by atoms with Crippen LogP contribution in [0.1, 0.15) is 60.1 Å². The van der Waals surface area contributed by atoms with Crippen LogP contribution >= 0.6 is 11.6 Å². The molecule has 1 N–H and O–H groups in total. The Kier molecular flexibility index (Phi) is 6.54. The van der Waals surface area contributed by atoms with E-state index in [0.29, 0.717) is 34.1 Å². The van der Waals surface area contributed by atoms with Crippen LogP contribution in [0.4, 0.5) is 11.4 Å². The Bertz CT molecular complexity index is 1660. The van der Waals surface area contributed by atoms with E-state index in [2.05, 4.69) is 5.32 Å². The van der Waals surface area contributed by atoms with Crippen molar-refractivity contribution >= 4 is 28.9 Å². The molecule has 4 saturated carbocycles. The molecule has 4 aliphatic rings. The highest BCUT2D eigenvalue weighted by Crippen LogP contribution is 2.61. The number of halogens is 1. The summed E-state index contributed by atoms with van der Waals surface area (Å²) in [5.74, 6) is 2.44. The van der Waals surface area contributed by atoms with Gasteiger partial charge in [0.1, 0.15) is 11.5 Å². The van der Waals surface area contributed by atoms with Crippen molar-refractivity contribution in [3.8, 4) is 17.2 Å². The van der Waals surface area contributed by atoms with E-state index >= 15 is 0 Å². The van der Waals surface area contributed by atoms with Crippen molar-refractivity contribution in [1.29, 1.82) is 0 Å². The molecule has 0 saturated heterocycles. The first-order chi connectivity index (χ1) is 20.2. The highest BCUT2D eigenvalue weighted by Gasteiger charge is 2.54. The van der Waals surface area contributed by atoms with E-state index in [1.807, 2.05) is 43.5 Å². The van der Waals surface area contributed by atoms with Crippen LogP contribution in [0.2, 0.25) is 5.02 Å². The van der Waals surface area contributed by atoms with Crippen LogP contribution in [-0.2, 0) is 5.41 Å². The molecule has 1 amide bonds. The van der Waals surface area contributed by atoms with Crippen molar-refractivity contribution in [1.82, 2.24) is 9.78 Å². The Morgan fingerprint density at radius 2 is 1.69 bits per heavy atom. The van der Waals surface area contributed by atoms with Gasteiger partial charge in [-0.15, -0.1) is 0 Å². The Morgan fingerprint density at radius 1 is 1.00 bits per heavy atom. The van der Waals surface area contributed by atoms with Crippen molar-refractivity contribution in [2.45, 2.75) is 50.9 Å². The van der Waals surface area contributed by atoms with Gasteiger partial charge in [-0.2, -0.15) is 5.10 Å². The first-order valence-electron chi connectivity index (χ1n) is 14.4. The number of rotatable bonds is 7. The largest absolute Gasteiger partial charge is 0.457 e. The van der Waals surface area contributed by atoms with Crippen molar-refractivity contribution in [2.75, 3.05) is 5.32 Å². The summed E-state index contributed by atoms with van der Waals surface area (Å²) in [4.78, 5) is 25.3. The Hall–Kier alpha value is -4.17. The molecule has 0 atom stereocenters. The molecule has 4 aliphatic carbocycles. The van der Waals surface area contributed by atoms with Crippen LogP contribution in [-0.4, -0.2) is 20.6 Å². The number of anilines is 1. The molecule has 9 heteroatoms. The number of ether oxygens (including phenoxy) is 1. The first kappa shape index (κ1) is 26.7. The lowest BCUT2D eigenvalue weighted by atomic mass is 9.48. The quantitative estimate of drug-likeness (QED) is 0.175. The van der Waals surface area contributed by atoms with Crippen molar-refractivity contribution in [3.63, 3.8) is 0 Å². The molecule has 0 radical (unpaired) electrons. The van der Waals surface area contributed by atoms with Crippen LogP contribution < -0.4 is 10.1 Å². The van der Waals surface area contributed by atoms with E-state index in [1.165, 1.54) is 31.4 Å². The summed E-state index contributed by atoms with van der Waals surface area (Å²) >= 11 is 6.14. The first-order valence-corrected chi connectivity index (χ1v) is 14.8. The van der Waals surface area contributed by atoms with Gasteiger partial charge < -0.3 is 10.1 Å². The second-order valence-corrected chi connectivity index (χ2v) is 12.7. The third-order valence-corrected chi connectivity index (χ3v) is 9.67. The van der Waals surface area contributed by atoms with Gasteiger partial charge in [-0.1, -0.05) is 29.8 Å². The zero-order valence-electron chi connectivity index (χ0n) is 23.3. The van der Waals surface area contributed by atoms with Gasteiger partial charge in [0.25, 0.3) is 11.6 Å². The summed E-state index contributed by atoms with van der Waals surface area (Å²) in [5, 5.41) is 20.4. The Balaban J connectivity index is 1.24. The Labute approximate surface area is 248 Å². The summed E-state index contributed by atoms with van der Waals surface area (Å²) in [7, 11) is 0. The minimum Gasteiger partial charge on any atom is -0.457 e. The fourth-order valence-electron chi connectivity index (χ4n) is 7.88. The molecule has 8 nitrogen and oxygen atoms in total. The number of benzene rings is 3. The molecule has 4 fully saturated rings. The number of hydrogen-bond donors (Lipinski definition) is 1. The van der Waals surface area contributed by atoms with E-state index in [1.54, 1.807) is 28.9 Å². The molecular formula is C33H31ClN4O4. The van der Waals surface area contributed by atoms with Gasteiger partial charge in [0.2, 0.25) is 0 Å². The van der Waals surface area contributed by atoms with Gasteiger partial charge in [0.15, 0.2) is 0 Å². The number of nitrogens with one attached hydrogen (secondary N) is 1. The standard InChI is InChI=1S/C33H31ClN4O4/c1-20-9-27(7-8-30(20)34)42-28-14-24(13-26(15-28)38(40)41)35-32(39)29-19-37(25-5-3-2-4-6-25)36-31(29)33-16-21-10-22(17-33)12-23(11-21)18-33/h2-9,13-15,19,21-23H,10-12,16-18H2,1H3,(H,35,39). The van der Waals surface area contributed by atoms with Gasteiger partial charge in [0, 0.05) is 28.8 Å². The monoisotopic (exact) mass is 582 g/mol. The number of nitrogens with zero attached hydrogens (tertiary/aromatic N) is 3. The minimum atomic E-state index is -0.496. The van der Waals surface area contributed by atoms with Gasteiger partial charge >= 0.3 is 0 Å². The maximum atomic E-state index is 14.0. The van der Waals surface area contributed by atoms with Gasteiger partial charge in [-0.05, 0) is 99.1 Å². The highest BCUT2D eigenvalue weighted by molar-refractivity contribution is 6.31. The SMILES string of the molecule is Cc1cc(Oc2cc(NC(=O)c3cn(-c4ccccc4)nc3C34CC5CC(CC(C5)C3)C4)cc([N+](=O)[O-])c2)ccc1Cl. The fraction of sp³-hybridized carbons (Fsp3) is 0.333. The molecule has 0 unspecified atom stereocenters. The van der Waals surface area contributed by atoms with Gasteiger partial charge in [-0.3, -0.25) is 14.9 Å². The summed E-state index contributed by atoms with van der Waals surface area (Å²) in [6, 6.07) is 19.3. The molecule has 3 aromatic carbocycles. The molecule has 4 aromatic rings. The molecule has 0 aliphatic heterocycles. The number of nitro groups is 1. The maximum absolute atomic E-state index is 14.0. The number of aryl methyl sites for hydroxylation is 1. The molecule has 42 heavy (non-hydrogen) atoms. The molecular weight excluding hydrogens is 552 g/mol. The zero-order chi connectivity index (χ0) is 29.0. The second-order valence-electron chi connectivity index (χ2n) is 12.3. The van der Waals surface area contributed by atoms with Crippen molar-refractivity contribution in [3.05, 3.63) is 105 Å². The molecule has 1 heterocycles. The zero-order valence-corrected chi connectivity index (χ0v) is 24.0. The third kappa shape index (κ3) is 4.94. The lowest BCUT2D eigenvalue weighted by Crippen LogP contribution is -2.49. The number of amides is 1. The second kappa shape index (κ2) is 10.3. The average Bonchev–Trinajstić information content (AvgIpc) is 3.42. The number of aromatic nitrogens is 2. The van der Waals surface area contributed by atoms with E-state index in [0.717, 1.165) is 36.2 Å². The number of non-ortho nitro benzene ring substituents is 1. The average molecular weight is 583 g/mol. The van der Waals surface area contributed by atoms with Crippen LogP contribution in [0.5, 0.6) is 11.5 Å². The number of hydrogen-bond acceptors (Lipinski definition) is 5. The lowest BCUT2D eigenvalue weighted by Gasteiger charge is -2.56. The molecule has 4 bridgehead atoms. The summed E-state index contributed by atoms with van der Waals surface area (Å²) < 4.78 is 7.75.